The van der Waals surface area contributed by atoms with Gasteiger partial charge in [-0.2, -0.15) is 0 Å². The summed E-state index contributed by atoms with van der Waals surface area (Å²) in [6, 6.07) is 14.6. The van der Waals surface area contributed by atoms with E-state index in [0.717, 1.165) is 11.3 Å². The molecule has 7 nitrogen and oxygen atoms in total. The Morgan fingerprint density at radius 2 is 1.79 bits per heavy atom. The molecule has 0 radical (unpaired) electrons. The number of sulfonamides is 1. The molecule has 1 N–H and O–H groups in total. The third kappa shape index (κ3) is 3.52. The van der Waals surface area contributed by atoms with Crippen molar-refractivity contribution in [3.05, 3.63) is 54.1 Å². The molecule has 2 aliphatic heterocycles. The number of amides is 1. The van der Waals surface area contributed by atoms with Gasteiger partial charge in [0.1, 0.15) is 6.10 Å². The molecular weight excluding hydrogens is 380 g/mol. The average molecular weight is 402 g/mol. The van der Waals surface area contributed by atoms with Gasteiger partial charge in [-0.3, -0.25) is 9.10 Å². The standard InChI is InChI=1S/C20H22N2O5S/c1-14-19(27-18-9-5-4-8-17(18)26-14)20(23)21-11-13-28(24,25)22-12-10-15-6-2-3-7-16(15)22/h2-9,14,19H,10-13H2,1H3,(H,21,23). The number of carbonyl (C=O) groups is 1. The monoisotopic (exact) mass is 402 g/mol. The molecule has 0 bridgehead atoms. The summed E-state index contributed by atoms with van der Waals surface area (Å²) in [5.41, 5.74) is 1.75. The fraction of sp³-hybridized carbons (Fsp3) is 0.350. The number of fused-ring (bicyclic) bond motifs is 2. The van der Waals surface area contributed by atoms with E-state index in [2.05, 4.69) is 5.32 Å². The lowest BCUT2D eigenvalue weighted by molar-refractivity contribution is -0.133. The summed E-state index contributed by atoms with van der Waals surface area (Å²) < 4.78 is 38.3. The minimum Gasteiger partial charge on any atom is -0.482 e. The zero-order valence-corrected chi connectivity index (χ0v) is 16.3. The molecule has 2 unspecified atom stereocenters. The van der Waals surface area contributed by atoms with E-state index >= 15 is 0 Å². The van der Waals surface area contributed by atoms with Crippen molar-refractivity contribution in [1.29, 1.82) is 0 Å². The predicted octanol–water partition coefficient (Wildman–Crippen LogP) is 1.72. The Morgan fingerprint density at radius 3 is 2.57 bits per heavy atom. The van der Waals surface area contributed by atoms with Crippen LogP contribution in [0.4, 0.5) is 5.69 Å². The average Bonchev–Trinajstić information content (AvgIpc) is 3.12. The molecule has 1 amide bonds. The second-order valence-corrected chi connectivity index (χ2v) is 8.88. The van der Waals surface area contributed by atoms with Crippen molar-refractivity contribution >= 4 is 21.6 Å². The minimum absolute atomic E-state index is 0.00800. The molecule has 0 aliphatic carbocycles. The highest BCUT2D eigenvalue weighted by Crippen LogP contribution is 2.33. The molecule has 28 heavy (non-hydrogen) atoms. The topological polar surface area (TPSA) is 84.9 Å². The lowest BCUT2D eigenvalue weighted by Gasteiger charge is -2.31. The van der Waals surface area contributed by atoms with Crippen molar-refractivity contribution in [2.75, 3.05) is 23.1 Å². The molecule has 0 spiro atoms. The van der Waals surface area contributed by atoms with Gasteiger partial charge in [-0.1, -0.05) is 30.3 Å². The molecule has 0 aromatic heterocycles. The highest BCUT2D eigenvalue weighted by molar-refractivity contribution is 7.92. The number of carbonyl (C=O) groups excluding carboxylic acids is 1. The van der Waals surface area contributed by atoms with E-state index in [4.69, 9.17) is 9.47 Å². The van der Waals surface area contributed by atoms with Crippen LogP contribution in [-0.2, 0) is 21.2 Å². The Balaban J connectivity index is 1.36. The van der Waals surface area contributed by atoms with Gasteiger partial charge in [0.25, 0.3) is 5.91 Å². The number of benzene rings is 2. The third-order valence-electron chi connectivity index (χ3n) is 4.94. The minimum atomic E-state index is -3.52. The van der Waals surface area contributed by atoms with Crippen LogP contribution in [0.15, 0.2) is 48.5 Å². The third-order valence-corrected chi connectivity index (χ3v) is 6.71. The molecule has 0 fully saturated rings. The van der Waals surface area contributed by atoms with Crippen LogP contribution in [0.1, 0.15) is 12.5 Å². The quantitative estimate of drug-likeness (QED) is 0.823. The first-order chi connectivity index (χ1) is 13.5. The fourth-order valence-electron chi connectivity index (χ4n) is 3.52. The van der Waals surface area contributed by atoms with Crippen molar-refractivity contribution in [3.63, 3.8) is 0 Å². The van der Waals surface area contributed by atoms with Crippen LogP contribution < -0.4 is 19.1 Å². The van der Waals surface area contributed by atoms with Gasteiger partial charge < -0.3 is 14.8 Å². The largest absolute Gasteiger partial charge is 0.482 e. The van der Waals surface area contributed by atoms with Crippen LogP contribution in [0.3, 0.4) is 0 Å². The number of para-hydroxylation sites is 3. The van der Waals surface area contributed by atoms with E-state index in [1.165, 1.54) is 4.31 Å². The Hall–Kier alpha value is -2.74. The van der Waals surface area contributed by atoms with Gasteiger partial charge >= 0.3 is 0 Å². The molecule has 4 rings (SSSR count). The molecule has 8 heteroatoms. The number of hydrogen-bond donors (Lipinski definition) is 1. The van der Waals surface area contributed by atoms with Gasteiger partial charge in [0.15, 0.2) is 11.5 Å². The molecule has 148 valence electrons. The summed E-state index contributed by atoms with van der Waals surface area (Å²) in [6.07, 6.45) is -0.603. The normalized spacial score (nSPS) is 20.5. The Morgan fingerprint density at radius 1 is 1.11 bits per heavy atom. The lowest BCUT2D eigenvalue weighted by atomic mass is 10.1. The zero-order valence-electron chi connectivity index (χ0n) is 15.5. The summed E-state index contributed by atoms with van der Waals surface area (Å²) in [4.78, 5) is 12.5. The van der Waals surface area contributed by atoms with E-state index in [1.807, 2.05) is 30.3 Å². The number of hydrogen-bond acceptors (Lipinski definition) is 5. The SMILES string of the molecule is CC1Oc2ccccc2OC1C(=O)NCCS(=O)(=O)N1CCc2ccccc21. The maximum absolute atomic E-state index is 12.7. The van der Waals surface area contributed by atoms with E-state index in [-0.39, 0.29) is 18.2 Å². The fourth-order valence-corrected chi connectivity index (χ4v) is 4.94. The smallest absolute Gasteiger partial charge is 0.265 e. The summed E-state index contributed by atoms with van der Waals surface area (Å²) in [7, 11) is -3.52. The lowest BCUT2D eigenvalue weighted by Crippen LogP contribution is -2.50. The molecule has 2 heterocycles. The second-order valence-electron chi connectivity index (χ2n) is 6.87. The van der Waals surface area contributed by atoms with Crippen molar-refractivity contribution in [3.8, 4) is 11.5 Å². The van der Waals surface area contributed by atoms with Crippen LogP contribution in [0.2, 0.25) is 0 Å². The van der Waals surface area contributed by atoms with E-state index in [9.17, 15) is 13.2 Å². The molecule has 0 saturated carbocycles. The van der Waals surface area contributed by atoms with E-state index < -0.39 is 22.2 Å². The summed E-state index contributed by atoms with van der Waals surface area (Å²) >= 11 is 0. The summed E-state index contributed by atoms with van der Waals surface area (Å²) in [6.45, 7) is 2.19. The van der Waals surface area contributed by atoms with Crippen LogP contribution in [-0.4, -0.2) is 45.4 Å². The Kier molecular flexibility index (Phi) is 4.89. The maximum atomic E-state index is 12.7. The van der Waals surface area contributed by atoms with Crippen LogP contribution in [0, 0.1) is 0 Å². The highest BCUT2D eigenvalue weighted by Gasteiger charge is 2.34. The first kappa shape index (κ1) is 18.6. The van der Waals surface area contributed by atoms with Crippen molar-refractivity contribution in [2.45, 2.75) is 25.6 Å². The summed E-state index contributed by atoms with van der Waals surface area (Å²) in [5, 5.41) is 2.67. The van der Waals surface area contributed by atoms with E-state index in [0.29, 0.717) is 24.5 Å². The van der Waals surface area contributed by atoms with Gasteiger partial charge in [-0.15, -0.1) is 0 Å². The van der Waals surface area contributed by atoms with Gasteiger partial charge in [-0.25, -0.2) is 8.42 Å². The predicted molar refractivity (Wildman–Crippen MR) is 105 cm³/mol. The molecule has 0 saturated heterocycles. The van der Waals surface area contributed by atoms with E-state index in [1.54, 1.807) is 25.1 Å². The number of nitrogens with one attached hydrogen (secondary N) is 1. The summed E-state index contributed by atoms with van der Waals surface area (Å²) in [5.74, 6) is 0.529. The number of nitrogens with zero attached hydrogens (tertiary/aromatic N) is 1. The first-order valence-corrected chi connectivity index (χ1v) is 10.8. The zero-order chi connectivity index (χ0) is 19.7. The molecule has 2 aromatic carbocycles. The maximum Gasteiger partial charge on any atom is 0.265 e. The van der Waals surface area contributed by atoms with Crippen molar-refractivity contribution < 1.29 is 22.7 Å². The van der Waals surface area contributed by atoms with Crippen molar-refractivity contribution in [1.82, 2.24) is 5.32 Å². The Labute approximate surface area is 164 Å². The molecule has 2 aliphatic rings. The molecule has 2 aromatic rings. The van der Waals surface area contributed by atoms with Crippen LogP contribution in [0.5, 0.6) is 11.5 Å². The van der Waals surface area contributed by atoms with Crippen molar-refractivity contribution in [2.24, 2.45) is 0 Å². The highest BCUT2D eigenvalue weighted by atomic mass is 32.2. The second kappa shape index (κ2) is 7.35. The molecule has 2 atom stereocenters. The number of ether oxygens (including phenoxy) is 2. The van der Waals surface area contributed by atoms with Gasteiger partial charge in [0.05, 0.1) is 11.4 Å². The first-order valence-electron chi connectivity index (χ1n) is 9.24. The van der Waals surface area contributed by atoms with Crippen LogP contribution in [0.25, 0.3) is 0 Å². The molecular formula is C20H22N2O5S. The van der Waals surface area contributed by atoms with Crippen LogP contribution >= 0.6 is 0 Å². The number of rotatable bonds is 5. The number of anilines is 1. The Bertz CT molecular complexity index is 992. The van der Waals surface area contributed by atoms with Gasteiger partial charge in [0, 0.05) is 13.1 Å². The van der Waals surface area contributed by atoms with Gasteiger partial charge in [0.2, 0.25) is 16.1 Å². The van der Waals surface area contributed by atoms with Gasteiger partial charge in [-0.05, 0) is 37.1 Å².